The molecular weight excluding hydrogens is 494 g/mol. The standard InChI is InChI=1S/C31H45N3O5/c1-22-19-34(23(2)21-35)31(37)27-18-26(32-30(36)17-25-12-7-6-8-13-25)14-15-28(27)39-24(3)11-9-10-16-38-29(22)20-33(4)5/h6-8,12-15,18,22-24,29,35H,9-11,16-17,19-21H2,1-5H3,(H,32,36)/t22-,23-,24-,29-/m1/s1. The molecule has 0 aliphatic carbocycles. The number of ether oxygens (including phenoxy) is 2. The number of hydrogen-bond donors (Lipinski definition) is 2. The molecule has 8 heteroatoms. The molecule has 0 unspecified atom stereocenters. The Labute approximate surface area is 233 Å². The first-order valence-corrected chi connectivity index (χ1v) is 14.0. The lowest BCUT2D eigenvalue weighted by molar-refractivity contribution is -0.115. The van der Waals surface area contributed by atoms with Gasteiger partial charge in [0.25, 0.3) is 5.91 Å². The smallest absolute Gasteiger partial charge is 0.258 e. The van der Waals surface area contributed by atoms with E-state index in [0.29, 0.717) is 30.2 Å². The highest BCUT2D eigenvalue weighted by atomic mass is 16.5. The Morgan fingerprint density at radius 3 is 2.59 bits per heavy atom. The molecule has 1 aliphatic heterocycles. The second-order valence-corrected chi connectivity index (χ2v) is 11.0. The van der Waals surface area contributed by atoms with E-state index >= 15 is 0 Å². The van der Waals surface area contributed by atoms with Crippen LogP contribution in [-0.4, -0.2) is 85.4 Å². The molecule has 0 saturated carbocycles. The zero-order valence-corrected chi connectivity index (χ0v) is 24.1. The van der Waals surface area contributed by atoms with E-state index in [1.54, 1.807) is 23.1 Å². The molecule has 4 atom stereocenters. The van der Waals surface area contributed by atoms with E-state index < -0.39 is 6.04 Å². The fraction of sp³-hybridized carbons (Fsp3) is 0.548. The van der Waals surface area contributed by atoms with Gasteiger partial charge in [-0.1, -0.05) is 37.3 Å². The molecule has 0 saturated heterocycles. The average molecular weight is 540 g/mol. The van der Waals surface area contributed by atoms with Crippen LogP contribution in [0.4, 0.5) is 5.69 Å². The van der Waals surface area contributed by atoms with Gasteiger partial charge in [0.1, 0.15) is 5.75 Å². The van der Waals surface area contributed by atoms with Crippen molar-refractivity contribution in [3.05, 3.63) is 59.7 Å². The molecule has 8 nitrogen and oxygen atoms in total. The maximum Gasteiger partial charge on any atom is 0.258 e. The van der Waals surface area contributed by atoms with Gasteiger partial charge in [-0.05, 0) is 71.0 Å². The third-order valence-corrected chi connectivity index (χ3v) is 7.09. The number of rotatable bonds is 7. The maximum absolute atomic E-state index is 14.1. The Hall–Kier alpha value is -2.94. The molecule has 0 spiro atoms. The largest absolute Gasteiger partial charge is 0.490 e. The molecule has 0 fully saturated rings. The highest BCUT2D eigenvalue weighted by Gasteiger charge is 2.30. The summed E-state index contributed by atoms with van der Waals surface area (Å²) in [6, 6.07) is 14.3. The number of nitrogens with one attached hydrogen (secondary N) is 1. The topological polar surface area (TPSA) is 91.3 Å². The predicted molar refractivity (Wildman–Crippen MR) is 154 cm³/mol. The number of aliphatic hydroxyl groups is 1. The number of anilines is 1. The van der Waals surface area contributed by atoms with Crippen LogP contribution in [0.5, 0.6) is 5.75 Å². The fourth-order valence-electron chi connectivity index (χ4n) is 4.81. The van der Waals surface area contributed by atoms with Gasteiger partial charge in [-0.3, -0.25) is 9.59 Å². The first kappa shape index (κ1) is 30.6. The molecule has 0 aromatic heterocycles. The second kappa shape index (κ2) is 15.0. The summed E-state index contributed by atoms with van der Waals surface area (Å²) in [5, 5.41) is 13.0. The van der Waals surface area contributed by atoms with Crippen molar-refractivity contribution in [1.29, 1.82) is 0 Å². The molecule has 2 N–H and O–H groups in total. The SMILES string of the molecule is C[C@@H]1CCCCO[C@H](CN(C)C)[C@H](C)CN([C@H](C)CO)C(=O)c2cc(NC(=O)Cc3ccccc3)ccc2O1. The predicted octanol–water partition coefficient (Wildman–Crippen LogP) is 4.22. The van der Waals surface area contributed by atoms with E-state index in [4.69, 9.17) is 9.47 Å². The second-order valence-electron chi connectivity index (χ2n) is 11.0. The maximum atomic E-state index is 14.1. The summed E-state index contributed by atoms with van der Waals surface area (Å²) in [5.74, 6) is 0.104. The van der Waals surface area contributed by atoms with Crippen molar-refractivity contribution in [2.45, 2.75) is 64.7 Å². The first-order chi connectivity index (χ1) is 18.7. The number of benzene rings is 2. The number of carbonyl (C=O) groups is 2. The zero-order valence-electron chi connectivity index (χ0n) is 24.1. The Kier molecular flexibility index (Phi) is 11.8. The molecule has 2 amide bonds. The molecule has 214 valence electrons. The lowest BCUT2D eigenvalue weighted by Gasteiger charge is -2.35. The Morgan fingerprint density at radius 2 is 1.90 bits per heavy atom. The van der Waals surface area contributed by atoms with Crippen LogP contribution in [0.2, 0.25) is 0 Å². The molecule has 2 aromatic carbocycles. The quantitative estimate of drug-likeness (QED) is 0.548. The minimum atomic E-state index is -0.408. The Bertz CT molecular complexity index is 1060. The van der Waals surface area contributed by atoms with E-state index in [9.17, 15) is 14.7 Å². The number of carbonyl (C=O) groups excluding carboxylic acids is 2. The van der Waals surface area contributed by atoms with Crippen LogP contribution in [0, 0.1) is 5.92 Å². The first-order valence-electron chi connectivity index (χ1n) is 14.0. The van der Waals surface area contributed by atoms with E-state index in [1.165, 1.54) is 0 Å². The molecular formula is C31H45N3O5. The normalized spacial score (nSPS) is 22.0. The lowest BCUT2D eigenvalue weighted by atomic mass is 10.0. The van der Waals surface area contributed by atoms with Crippen molar-refractivity contribution >= 4 is 17.5 Å². The van der Waals surface area contributed by atoms with Gasteiger partial charge >= 0.3 is 0 Å². The molecule has 0 bridgehead atoms. The van der Waals surface area contributed by atoms with Crippen LogP contribution < -0.4 is 10.1 Å². The summed E-state index contributed by atoms with van der Waals surface area (Å²) in [5.41, 5.74) is 1.81. The summed E-state index contributed by atoms with van der Waals surface area (Å²) < 4.78 is 12.6. The number of nitrogens with zero attached hydrogens (tertiary/aromatic N) is 2. The van der Waals surface area contributed by atoms with Gasteiger partial charge in [-0.25, -0.2) is 0 Å². The zero-order chi connectivity index (χ0) is 28.4. The highest BCUT2D eigenvalue weighted by Crippen LogP contribution is 2.28. The van der Waals surface area contributed by atoms with Gasteiger partial charge in [-0.15, -0.1) is 0 Å². The van der Waals surface area contributed by atoms with Gasteiger partial charge < -0.3 is 29.7 Å². The minimum absolute atomic E-state index is 0.0327. The highest BCUT2D eigenvalue weighted by molar-refractivity contribution is 6.00. The van der Waals surface area contributed by atoms with Crippen LogP contribution >= 0.6 is 0 Å². The van der Waals surface area contributed by atoms with Crippen molar-refractivity contribution < 1.29 is 24.2 Å². The van der Waals surface area contributed by atoms with Crippen LogP contribution in [0.3, 0.4) is 0 Å². The monoisotopic (exact) mass is 539 g/mol. The van der Waals surface area contributed by atoms with Gasteiger partial charge in [-0.2, -0.15) is 0 Å². The summed E-state index contributed by atoms with van der Waals surface area (Å²) in [7, 11) is 4.03. The average Bonchev–Trinajstić information content (AvgIpc) is 2.90. The summed E-state index contributed by atoms with van der Waals surface area (Å²) in [4.78, 5) is 30.6. The third-order valence-electron chi connectivity index (χ3n) is 7.09. The summed E-state index contributed by atoms with van der Waals surface area (Å²) in [6.45, 7) is 7.57. The number of fused-ring (bicyclic) bond motifs is 1. The van der Waals surface area contributed by atoms with E-state index in [1.807, 2.05) is 58.3 Å². The van der Waals surface area contributed by atoms with Crippen LogP contribution in [-0.2, 0) is 16.0 Å². The summed E-state index contributed by atoms with van der Waals surface area (Å²) >= 11 is 0. The van der Waals surface area contributed by atoms with Crippen molar-refractivity contribution in [1.82, 2.24) is 9.80 Å². The molecule has 1 heterocycles. The van der Waals surface area contributed by atoms with Gasteiger partial charge in [0, 0.05) is 31.3 Å². The molecule has 39 heavy (non-hydrogen) atoms. The number of hydrogen-bond acceptors (Lipinski definition) is 6. The number of amides is 2. The number of likely N-dealkylation sites (N-methyl/N-ethyl adjacent to an activating group) is 1. The van der Waals surface area contributed by atoms with Gasteiger partial charge in [0.2, 0.25) is 5.91 Å². The van der Waals surface area contributed by atoms with Gasteiger partial charge in [0.05, 0.1) is 36.8 Å². The van der Waals surface area contributed by atoms with Gasteiger partial charge in [0.15, 0.2) is 0 Å². The van der Waals surface area contributed by atoms with Crippen LogP contribution in [0.25, 0.3) is 0 Å². The van der Waals surface area contributed by atoms with E-state index in [-0.39, 0.29) is 43.0 Å². The molecule has 0 radical (unpaired) electrons. The Morgan fingerprint density at radius 1 is 1.15 bits per heavy atom. The lowest BCUT2D eigenvalue weighted by Crippen LogP contribution is -2.47. The van der Waals surface area contributed by atoms with Crippen molar-refractivity contribution in [2.75, 3.05) is 45.7 Å². The third kappa shape index (κ3) is 9.34. The van der Waals surface area contributed by atoms with E-state index in [0.717, 1.165) is 31.4 Å². The van der Waals surface area contributed by atoms with Crippen molar-refractivity contribution in [3.63, 3.8) is 0 Å². The molecule has 3 rings (SSSR count). The molecule has 2 aromatic rings. The summed E-state index contributed by atoms with van der Waals surface area (Å²) in [6.07, 6.45) is 2.79. The number of aliphatic hydroxyl groups excluding tert-OH is 1. The fourth-order valence-corrected chi connectivity index (χ4v) is 4.81. The Balaban J connectivity index is 1.93. The van der Waals surface area contributed by atoms with Crippen molar-refractivity contribution in [3.8, 4) is 5.75 Å². The molecule has 1 aliphatic rings. The van der Waals surface area contributed by atoms with Crippen LogP contribution in [0.15, 0.2) is 48.5 Å². The van der Waals surface area contributed by atoms with E-state index in [2.05, 4.69) is 17.1 Å². The van der Waals surface area contributed by atoms with Crippen molar-refractivity contribution in [2.24, 2.45) is 5.92 Å². The minimum Gasteiger partial charge on any atom is -0.490 e. The van der Waals surface area contributed by atoms with Crippen LogP contribution in [0.1, 0.15) is 56.0 Å².